The van der Waals surface area contributed by atoms with Gasteiger partial charge in [-0.15, -0.1) is 11.3 Å². The number of benzene rings is 1. The van der Waals surface area contributed by atoms with Crippen LogP contribution < -0.4 is 10.4 Å². The lowest BCUT2D eigenvalue weighted by atomic mass is 10.1. The highest BCUT2D eigenvalue weighted by Gasteiger charge is 2.09. The summed E-state index contributed by atoms with van der Waals surface area (Å²) in [6.45, 7) is 0. The highest BCUT2D eigenvalue weighted by atomic mass is 32.1. The summed E-state index contributed by atoms with van der Waals surface area (Å²) in [5.74, 6) is 0.386. The molecule has 0 bridgehead atoms. The normalized spacial score (nSPS) is 10.5. The number of aromatic amines is 1. The van der Waals surface area contributed by atoms with Gasteiger partial charge >= 0.3 is 5.69 Å². The molecular weight excluding hydrogens is 288 g/mol. The molecule has 0 spiro atoms. The number of ether oxygens (including phenoxy) is 1. The SMILES string of the molecule is COc1cc(-c2cc(-c3cccs3)[nH]c(=O)n2)ccc1O. The van der Waals surface area contributed by atoms with Crippen molar-refractivity contribution in [2.45, 2.75) is 0 Å². The molecule has 2 aromatic heterocycles. The predicted molar refractivity (Wildman–Crippen MR) is 81.8 cm³/mol. The van der Waals surface area contributed by atoms with E-state index in [1.165, 1.54) is 24.5 Å². The average molecular weight is 300 g/mol. The molecule has 0 aliphatic rings. The number of aromatic nitrogens is 2. The number of methoxy groups -OCH3 is 1. The molecular formula is C15H12N2O3S. The van der Waals surface area contributed by atoms with E-state index >= 15 is 0 Å². The van der Waals surface area contributed by atoms with Crippen LogP contribution in [0, 0.1) is 0 Å². The molecule has 0 saturated heterocycles. The minimum Gasteiger partial charge on any atom is -0.504 e. The van der Waals surface area contributed by atoms with E-state index in [1.54, 1.807) is 18.2 Å². The van der Waals surface area contributed by atoms with Gasteiger partial charge in [0.2, 0.25) is 0 Å². The van der Waals surface area contributed by atoms with Crippen molar-refractivity contribution in [3.8, 4) is 33.3 Å². The van der Waals surface area contributed by atoms with Gasteiger partial charge in [-0.05, 0) is 35.7 Å². The number of phenols is 1. The molecule has 0 saturated carbocycles. The molecule has 0 aliphatic heterocycles. The maximum absolute atomic E-state index is 11.8. The van der Waals surface area contributed by atoms with Crippen LogP contribution in [0.25, 0.3) is 21.8 Å². The van der Waals surface area contributed by atoms with Crippen LogP contribution >= 0.6 is 11.3 Å². The minimum atomic E-state index is -0.414. The van der Waals surface area contributed by atoms with Crippen LogP contribution in [0.15, 0.2) is 46.6 Å². The van der Waals surface area contributed by atoms with E-state index in [1.807, 2.05) is 17.5 Å². The summed E-state index contributed by atoms with van der Waals surface area (Å²) in [4.78, 5) is 19.4. The van der Waals surface area contributed by atoms with Gasteiger partial charge in [0.15, 0.2) is 11.5 Å². The summed E-state index contributed by atoms with van der Waals surface area (Å²) < 4.78 is 5.08. The van der Waals surface area contributed by atoms with Crippen LogP contribution in [-0.4, -0.2) is 22.2 Å². The molecule has 0 unspecified atom stereocenters. The van der Waals surface area contributed by atoms with Gasteiger partial charge in [-0.3, -0.25) is 0 Å². The van der Waals surface area contributed by atoms with E-state index in [0.717, 1.165) is 4.88 Å². The first kappa shape index (κ1) is 13.4. The smallest absolute Gasteiger partial charge is 0.345 e. The third kappa shape index (κ3) is 2.66. The monoisotopic (exact) mass is 300 g/mol. The standard InChI is InChI=1S/C15H12N2O3S/c1-20-13-7-9(4-5-12(13)18)10-8-11(17-15(19)16-10)14-3-2-6-21-14/h2-8,18H,1H3,(H,16,17,19). The van der Waals surface area contributed by atoms with Crippen LogP contribution in [0.5, 0.6) is 11.5 Å². The molecule has 0 atom stereocenters. The van der Waals surface area contributed by atoms with Crippen LogP contribution in [-0.2, 0) is 0 Å². The van der Waals surface area contributed by atoms with E-state index < -0.39 is 5.69 Å². The molecule has 6 heteroatoms. The van der Waals surface area contributed by atoms with Crippen molar-refractivity contribution in [3.63, 3.8) is 0 Å². The number of hydrogen-bond donors (Lipinski definition) is 2. The van der Waals surface area contributed by atoms with Gasteiger partial charge in [0.1, 0.15) is 0 Å². The van der Waals surface area contributed by atoms with E-state index in [9.17, 15) is 9.90 Å². The second-order valence-corrected chi connectivity index (χ2v) is 5.30. The average Bonchev–Trinajstić information content (AvgIpc) is 3.01. The van der Waals surface area contributed by atoms with E-state index in [2.05, 4.69) is 9.97 Å². The lowest BCUT2D eigenvalue weighted by molar-refractivity contribution is 0.373. The van der Waals surface area contributed by atoms with Crippen molar-refractivity contribution in [2.24, 2.45) is 0 Å². The third-order valence-corrected chi connectivity index (χ3v) is 3.91. The highest BCUT2D eigenvalue weighted by Crippen LogP contribution is 2.31. The van der Waals surface area contributed by atoms with Crippen molar-refractivity contribution >= 4 is 11.3 Å². The van der Waals surface area contributed by atoms with E-state index in [4.69, 9.17) is 4.74 Å². The Morgan fingerprint density at radius 1 is 1.29 bits per heavy atom. The highest BCUT2D eigenvalue weighted by molar-refractivity contribution is 7.13. The summed E-state index contributed by atoms with van der Waals surface area (Å²) in [5, 5.41) is 11.6. The lowest BCUT2D eigenvalue weighted by Gasteiger charge is -2.07. The molecule has 0 aliphatic carbocycles. The molecule has 2 heterocycles. The van der Waals surface area contributed by atoms with Gasteiger partial charge in [-0.1, -0.05) is 6.07 Å². The fraction of sp³-hybridized carbons (Fsp3) is 0.0667. The molecule has 2 N–H and O–H groups in total. The molecule has 0 radical (unpaired) electrons. The van der Waals surface area contributed by atoms with E-state index in [0.29, 0.717) is 22.7 Å². The number of nitrogens with zero attached hydrogens (tertiary/aromatic N) is 1. The Hall–Kier alpha value is -2.60. The molecule has 0 fully saturated rings. The summed E-state index contributed by atoms with van der Waals surface area (Å²) in [6.07, 6.45) is 0. The number of rotatable bonds is 3. The molecule has 21 heavy (non-hydrogen) atoms. The van der Waals surface area contributed by atoms with Crippen molar-refractivity contribution in [1.29, 1.82) is 0 Å². The van der Waals surface area contributed by atoms with E-state index in [-0.39, 0.29) is 5.75 Å². The number of hydrogen-bond acceptors (Lipinski definition) is 5. The molecule has 1 aromatic carbocycles. The first-order chi connectivity index (χ1) is 10.2. The van der Waals surface area contributed by atoms with Crippen molar-refractivity contribution in [2.75, 3.05) is 7.11 Å². The summed E-state index contributed by atoms with van der Waals surface area (Å²) in [7, 11) is 1.47. The van der Waals surface area contributed by atoms with Crippen molar-refractivity contribution < 1.29 is 9.84 Å². The topological polar surface area (TPSA) is 75.2 Å². The number of thiophene rings is 1. The van der Waals surface area contributed by atoms with Crippen molar-refractivity contribution in [3.05, 3.63) is 52.3 Å². The predicted octanol–water partition coefficient (Wildman–Crippen LogP) is 2.88. The second kappa shape index (κ2) is 5.41. The van der Waals surface area contributed by atoms with Gasteiger partial charge < -0.3 is 14.8 Å². The molecule has 5 nitrogen and oxygen atoms in total. The van der Waals surface area contributed by atoms with Crippen LogP contribution in [0.1, 0.15) is 0 Å². The lowest BCUT2D eigenvalue weighted by Crippen LogP contribution is -2.11. The minimum absolute atomic E-state index is 0.0459. The zero-order chi connectivity index (χ0) is 14.8. The molecule has 3 aromatic rings. The number of aromatic hydroxyl groups is 1. The van der Waals surface area contributed by atoms with Gasteiger partial charge in [-0.25, -0.2) is 4.79 Å². The van der Waals surface area contributed by atoms with Gasteiger partial charge in [0, 0.05) is 5.56 Å². The zero-order valence-electron chi connectivity index (χ0n) is 11.2. The fourth-order valence-electron chi connectivity index (χ4n) is 2.01. The Morgan fingerprint density at radius 2 is 2.14 bits per heavy atom. The van der Waals surface area contributed by atoms with Crippen molar-refractivity contribution in [1.82, 2.24) is 9.97 Å². The zero-order valence-corrected chi connectivity index (χ0v) is 12.0. The third-order valence-electron chi connectivity index (χ3n) is 3.01. The second-order valence-electron chi connectivity index (χ2n) is 4.35. The van der Waals surface area contributed by atoms with Crippen LogP contribution in [0.4, 0.5) is 0 Å². The Morgan fingerprint density at radius 3 is 2.86 bits per heavy atom. The Kier molecular flexibility index (Phi) is 3.45. The maximum atomic E-state index is 11.8. The maximum Gasteiger partial charge on any atom is 0.345 e. The molecule has 0 amide bonds. The quantitative estimate of drug-likeness (QED) is 0.780. The molecule has 106 valence electrons. The Balaban J connectivity index is 2.13. The van der Waals surface area contributed by atoms with Crippen LogP contribution in [0.2, 0.25) is 0 Å². The molecule has 3 rings (SSSR count). The Bertz CT molecular complexity index is 825. The first-order valence-corrected chi connectivity index (χ1v) is 7.08. The number of H-pyrrole nitrogens is 1. The fourth-order valence-corrected chi connectivity index (χ4v) is 2.70. The van der Waals surface area contributed by atoms with Gasteiger partial charge in [0.25, 0.3) is 0 Å². The van der Waals surface area contributed by atoms with Crippen LogP contribution in [0.3, 0.4) is 0 Å². The van der Waals surface area contributed by atoms with Gasteiger partial charge in [0.05, 0.1) is 23.4 Å². The Labute approximate surface area is 124 Å². The summed E-state index contributed by atoms with van der Waals surface area (Å²) in [6, 6.07) is 10.5. The summed E-state index contributed by atoms with van der Waals surface area (Å²) in [5.41, 5.74) is 1.53. The largest absolute Gasteiger partial charge is 0.504 e. The number of phenolic OH excluding ortho intramolecular Hbond substituents is 1. The first-order valence-electron chi connectivity index (χ1n) is 6.20. The van der Waals surface area contributed by atoms with Gasteiger partial charge in [-0.2, -0.15) is 4.98 Å². The summed E-state index contributed by atoms with van der Waals surface area (Å²) >= 11 is 1.54. The number of nitrogens with one attached hydrogen (secondary N) is 1.